The number of hydrogen-bond acceptors (Lipinski definition) is 5. The van der Waals surface area contributed by atoms with Crippen molar-refractivity contribution in [1.82, 2.24) is 14.8 Å². The standard InChI is InChI=1S/C19H22ClN5O3/c1-24(2)9-11-4-5-12(28-11)10-27-13-6-15(20)14-8-17(23-16(14)7-13)18(26)25(3)19(21)22/h4-8,23H,9-10H2,1-3H3,(H3,21,22). The van der Waals surface area contributed by atoms with E-state index in [4.69, 9.17) is 31.9 Å². The van der Waals surface area contributed by atoms with Gasteiger partial charge in [0, 0.05) is 18.5 Å². The molecule has 0 atom stereocenters. The lowest BCUT2D eigenvalue weighted by Gasteiger charge is -2.12. The summed E-state index contributed by atoms with van der Waals surface area (Å²) in [6.45, 7) is 0.973. The molecule has 1 amide bonds. The van der Waals surface area contributed by atoms with E-state index in [0.717, 1.165) is 10.7 Å². The number of H-pyrrole nitrogens is 1. The highest BCUT2D eigenvalue weighted by atomic mass is 35.5. The summed E-state index contributed by atoms with van der Waals surface area (Å²) in [5, 5.41) is 8.50. The fourth-order valence-electron chi connectivity index (χ4n) is 2.71. The fraction of sp³-hybridized carbons (Fsp3) is 0.263. The Labute approximate surface area is 167 Å². The van der Waals surface area contributed by atoms with Gasteiger partial charge in [-0.3, -0.25) is 15.1 Å². The zero-order valence-electron chi connectivity index (χ0n) is 15.9. The third-order valence-electron chi connectivity index (χ3n) is 4.13. The van der Waals surface area contributed by atoms with E-state index >= 15 is 0 Å². The van der Waals surface area contributed by atoms with Crippen LogP contribution in [0.2, 0.25) is 5.02 Å². The average molecular weight is 404 g/mol. The number of halogens is 1. The van der Waals surface area contributed by atoms with Crippen molar-refractivity contribution in [2.24, 2.45) is 5.73 Å². The molecule has 148 valence electrons. The summed E-state index contributed by atoms with van der Waals surface area (Å²) in [6.07, 6.45) is 0. The number of aromatic nitrogens is 1. The Balaban J connectivity index is 1.77. The van der Waals surface area contributed by atoms with Gasteiger partial charge in [-0.25, -0.2) is 0 Å². The highest BCUT2D eigenvalue weighted by molar-refractivity contribution is 6.35. The van der Waals surface area contributed by atoms with Crippen LogP contribution in [0.3, 0.4) is 0 Å². The van der Waals surface area contributed by atoms with Crippen LogP contribution < -0.4 is 10.5 Å². The van der Waals surface area contributed by atoms with Crippen molar-refractivity contribution in [2.45, 2.75) is 13.2 Å². The first-order valence-electron chi connectivity index (χ1n) is 8.54. The maximum atomic E-state index is 12.3. The summed E-state index contributed by atoms with van der Waals surface area (Å²) >= 11 is 6.34. The van der Waals surface area contributed by atoms with E-state index in [9.17, 15) is 4.79 Å². The predicted octanol–water partition coefficient (Wildman–Crippen LogP) is 3.02. The summed E-state index contributed by atoms with van der Waals surface area (Å²) in [7, 11) is 5.37. The molecule has 0 aliphatic carbocycles. The van der Waals surface area contributed by atoms with Gasteiger partial charge in [0.25, 0.3) is 5.91 Å². The molecular formula is C19H22ClN5O3. The number of nitrogens with one attached hydrogen (secondary N) is 2. The number of ether oxygens (including phenoxy) is 1. The molecule has 0 radical (unpaired) electrons. The van der Waals surface area contributed by atoms with Crippen LogP contribution >= 0.6 is 11.6 Å². The molecule has 9 heteroatoms. The van der Waals surface area contributed by atoms with E-state index in [2.05, 4.69) is 4.98 Å². The van der Waals surface area contributed by atoms with Gasteiger partial charge in [0.1, 0.15) is 29.6 Å². The number of nitrogens with zero attached hydrogens (tertiary/aromatic N) is 2. The number of nitrogens with two attached hydrogens (primary N) is 1. The van der Waals surface area contributed by atoms with Crippen LogP contribution in [0, 0.1) is 5.41 Å². The lowest BCUT2D eigenvalue weighted by atomic mass is 10.2. The molecule has 0 spiro atoms. The summed E-state index contributed by atoms with van der Waals surface area (Å²) in [5.41, 5.74) is 6.29. The third-order valence-corrected chi connectivity index (χ3v) is 4.44. The number of fused-ring (bicyclic) bond motifs is 1. The van der Waals surface area contributed by atoms with Gasteiger partial charge in [-0.05, 0) is 38.4 Å². The van der Waals surface area contributed by atoms with Crippen LogP contribution in [0.15, 0.2) is 34.7 Å². The molecule has 28 heavy (non-hydrogen) atoms. The van der Waals surface area contributed by atoms with Crippen LogP contribution in [0.25, 0.3) is 10.9 Å². The number of benzene rings is 1. The van der Waals surface area contributed by atoms with Crippen LogP contribution in [-0.2, 0) is 13.2 Å². The van der Waals surface area contributed by atoms with E-state index in [0.29, 0.717) is 34.0 Å². The van der Waals surface area contributed by atoms with Gasteiger partial charge >= 0.3 is 0 Å². The summed E-state index contributed by atoms with van der Waals surface area (Å²) in [5.74, 6) is 1.35. The van der Waals surface area contributed by atoms with Gasteiger partial charge in [-0.1, -0.05) is 11.6 Å². The van der Waals surface area contributed by atoms with Crippen LogP contribution in [0.5, 0.6) is 5.75 Å². The van der Waals surface area contributed by atoms with Gasteiger partial charge in [0.2, 0.25) is 0 Å². The van der Waals surface area contributed by atoms with Crippen molar-refractivity contribution in [3.05, 3.63) is 52.6 Å². The van der Waals surface area contributed by atoms with Gasteiger partial charge in [-0.2, -0.15) is 0 Å². The van der Waals surface area contributed by atoms with Crippen molar-refractivity contribution in [1.29, 1.82) is 5.41 Å². The number of rotatable bonds is 6. The summed E-state index contributed by atoms with van der Waals surface area (Å²) in [6, 6.07) is 8.87. The van der Waals surface area contributed by atoms with Gasteiger partial charge in [0.15, 0.2) is 5.96 Å². The second kappa shape index (κ2) is 7.95. The molecule has 2 heterocycles. The predicted molar refractivity (Wildman–Crippen MR) is 108 cm³/mol. The van der Waals surface area contributed by atoms with Crippen molar-refractivity contribution < 1.29 is 13.9 Å². The van der Waals surface area contributed by atoms with Crippen LogP contribution in [0.4, 0.5) is 0 Å². The number of carbonyl (C=O) groups is 1. The van der Waals surface area contributed by atoms with E-state index < -0.39 is 5.91 Å². The normalized spacial score (nSPS) is 11.2. The molecule has 1 aromatic carbocycles. The fourth-order valence-corrected chi connectivity index (χ4v) is 2.97. The smallest absolute Gasteiger partial charge is 0.276 e. The Morgan fingerprint density at radius 2 is 1.96 bits per heavy atom. The second-order valence-corrected chi connectivity index (χ2v) is 7.10. The van der Waals surface area contributed by atoms with Crippen molar-refractivity contribution in [3.63, 3.8) is 0 Å². The third kappa shape index (κ3) is 4.29. The lowest BCUT2D eigenvalue weighted by Crippen LogP contribution is -2.38. The Morgan fingerprint density at radius 3 is 2.64 bits per heavy atom. The number of carbonyl (C=O) groups excluding carboxylic acids is 1. The Bertz CT molecular complexity index is 1020. The number of furan rings is 1. The molecule has 0 bridgehead atoms. The topological polar surface area (TPSA) is 112 Å². The summed E-state index contributed by atoms with van der Waals surface area (Å²) < 4.78 is 11.5. The minimum absolute atomic E-state index is 0.259. The SMILES string of the molecule is CN(C)Cc1ccc(COc2cc(Cl)c3cc(C(=O)N(C)C(=N)N)[nH]c3c2)o1. The van der Waals surface area contributed by atoms with E-state index in [1.807, 2.05) is 31.1 Å². The lowest BCUT2D eigenvalue weighted by molar-refractivity contribution is 0.0864. The maximum Gasteiger partial charge on any atom is 0.276 e. The Morgan fingerprint density at radius 1 is 1.25 bits per heavy atom. The first-order chi connectivity index (χ1) is 13.2. The highest BCUT2D eigenvalue weighted by Gasteiger charge is 2.18. The maximum absolute atomic E-state index is 12.3. The van der Waals surface area contributed by atoms with Crippen molar-refractivity contribution in [3.8, 4) is 5.75 Å². The zero-order valence-corrected chi connectivity index (χ0v) is 16.6. The minimum Gasteiger partial charge on any atom is -0.486 e. The molecule has 0 unspecified atom stereocenters. The van der Waals surface area contributed by atoms with Crippen molar-refractivity contribution >= 4 is 34.4 Å². The van der Waals surface area contributed by atoms with E-state index in [1.165, 1.54) is 7.05 Å². The molecule has 0 fully saturated rings. The summed E-state index contributed by atoms with van der Waals surface area (Å²) in [4.78, 5) is 18.4. The largest absolute Gasteiger partial charge is 0.486 e. The Kier molecular flexibility index (Phi) is 5.62. The van der Waals surface area contributed by atoms with Gasteiger partial charge in [-0.15, -0.1) is 0 Å². The molecule has 0 aliphatic rings. The molecule has 8 nitrogen and oxygen atoms in total. The van der Waals surface area contributed by atoms with E-state index in [-0.39, 0.29) is 18.3 Å². The van der Waals surface area contributed by atoms with E-state index in [1.54, 1.807) is 18.2 Å². The quantitative estimate of drug-likeness (QED) is 0.432. The second-order valence-electron chi connectivity index (χ2n) is 6.69. The Hall–Kier alpha value is -2.97. The van der Waals surface area contributed by atoms with Crippen molar-refractivity contribution in [2.75, 3.05) is 21.1 Å². The monoisotopic (exact) mass is 403 g/mol. The molecule has 3 aromatic rings. The first kappa shape index (κ1) is 19.8. The molecule has 4 N–H and O–H groups in total. The molecule has 0 saturated carbocycles. The van der Waals surface area contributed by atoms with Gasteiger partial charge < -0.3 is 24.8 Å². The number of hydrogen-bond donors (Lipinski definition) is 3. The molecule has 3 rings (SSSR count). The average Bonchev–Trinajstić information content (AvgIpc) is 3.25. The number of amides is 1. The van der Waals surface area contributed by atoms with Crippen LogP contribution in [-0.4, -0.2) is 47.8 Å². The highest BCUT2D eigenvalue weighted by Crippen LogP contribution is 2.30. The number of guanidine groups is 1. The molecule has 0 aliphatic heterocycles. The molecular weight excluding hydrogens is 382 g/mol. The van der Waals surface area contributed by atoms with Gasteiger partial charge in [0.05, 0.1) is 17.1 Å². The minimum atomic E-state index is -0.425. The zero-order chi connectivity index (χ0) is 20.4. The number of aromatic amines is 1. The van der Waals surface area contributed by atoms with Crippen LogP contribution in [0.1, 0.15) is 22.0 Å². The molecule has 2 aromatic heterocycles. The first-order valence-corrected chi connectivity index (χ1v) is 8.92. The molecule has 0 saturated heterocycles.